The topological polar surface area (TPSA) is 34.1 Å². The third kappa shape index (κ3) is 3.62. The highest BCUT2D eigenvalue weighted by molar-refractivity contribution is 7.76. The lowest BCUT2D eigenvalue weighted by Crippen LogP contribution is -2.12. The molecule has 0 aliphatic carbocycles. The van der Waals surface area contributed by atoms with Crippen LogP contribution in [0.15, 0.2) is 0 Å². The molecule has 0 N–H and O–H groups in total. The zero-order valence-corrected chi connectivity index (χ0v) is 8.39. The normalized spacial score (nSPS) is 8.91. The molecule has 0 aromatic carbocycles. The van der Waals surface area contributed by atoms with Gasteiger partial charge in [0.25, 0.3) is 0 Å². The molecule has 64 valence electrons. The van der Waals surface area contributed by atoms with E-state index in [0.29, 0.717) is 33.8 Å². The van der Waals surface area contributed by atoms with Crippen molar-refractivity contribution in [2.24, 2.45) is 0 Å². The molecule has 0 rings (SSSR count). The molecular weight excluding hydrogens is 180 g/mol. The molecule has 0 saturated carbocycles. The van der Waals surface area contributed by atoms with Gasteiger partial charge < -0.3 is 0 Å². The van der Waals surface area contributed by atoms with E-state index < -0.39 is 0 Å². The van der Waals surface area contributed by atoms with E-state index >= 15 is 0 Å². The molecule has 0 aliphatic rings. The molecule has 0 saturated heterocycles. The van der Waals surface area contributed by atoms with Gasteiger partial charge in [-0.3, -0.25) is 0 Å². The van der Waals surface area contributed by atoms with Gasteiger partial charge in [0.1, 0.15) is 0 Å². The van der Waals surface area contributed by atoms with E-state index in [1.54, 1.807) is 0 Å². The SMILES string of the molecule is CCCC(=S=O)C(CC)=S=O. The Balaban J connectivity index is 4.51. The second kappa shape index (κ2) is 6.49. The van der Waals surface area contributed by atoms with Crippen LogP contribution in [0, 0.1) is 0 Å². The molecule has 2 nitrogen and oxygen atoms in total. The third-order valence-electron chi connectivity index (χ3n) is 1.31. The predicted molar refractivity (Wildman–Crippen MR) is 51.5 cm³/mol. The minimum Gasteiger partial charge on any atom is -0.212 e. The Morgan fingerprint density at radius 1 is 1.09 bits per heavy atom. The average molecular weight is 192 g/mol. The molecule has 0 bridgehead atoms. The number of hydrogen-bond acceptors (Lipinski definition) is 2. The van der Waals surface area contributed by atoms with Crippen LogP contribution in [0.5, 0.6) is 0 Å². The first-order chi connectivity index (χ1) is 5.29. The standard InChI is InChI=1S/C7H12O2S2/c1-3-5-7(11-9)6(4-2)10-8/h3-5H2,1-2H3. The summed E-state index contributed by atoms with van der Waals surface area (Å²) in [5, 5.41) is 0. The molecule has 11 heavy (non-hydrogen) atoms. The Labute approximate surface area is 74.1 Å². The molecule has 0 amide bonds. The van der Waals surface area contributed by atoms with E-state index in [4.69, 9.17) is 0 Å². The fraction of sp³-hybridized carbons (Fsp3) is 0.714. The van der Waals surface area contributed by atoms with E-state index in [1.165, 1.54) is 0 Å². The summed E-state index contributed by atoms with van der Waals surface area (Å²) in [6.45, 7) is 3.89. The molecule has 0 spiro atoms. The van der Waals surface area contributed by atoms with E-state index in [1.807, 2.05) is 13.8 Å². The first-order valence-electron chi connectivity index (χ1n) is 3.61. The molecule has 0 aliphatic heterocycles. The molecule has 4 heteroatoms. The third-order valence-corrected chi connectivity index (χ3v) is 2.83. The molecule has 0 aromatic rings. The fourth-order valence-corrected chi connectivity index (χ4v) is 1.80. The monoisotopic (exact) mass is 192 g/mol. The summed E-state index contributed by atoms with van der Waals surface area (Å²) in [5.41, 5.74) is 0. The smallest absolute Gasteiger partial charge is 0.0933 e. The summed E-state index contributed by atoms with van der Waals surface area (Å²) in [5.74, 6) is 0. The molecule has 0 atom stereocenters. The zero-order chi connectivity index (χ0) is 8.69. The van der Waals surface area contributed by atoms with Crippen molar-refractivity contribution < 1.29 is 8.42 Å². The second-order valence-corrected chi connectivity index (χ2v) is 3.44. The molecule has 0 aromatic heterocycles. The van der Waals surface area contributed by atoms with Crippen molar-refractivity contribution in [2.45, 2.75) is 33.1 Å². The van der Waals surface area contributed by atoms with Crippen molar-refractivity contribution in [1.82, 2.24) is 0 Å². The summed E-state index contributed by atoms with van der Waals surface area (Å²) >= 11 is 0.912. The first-order valence-corrected chi connectivity index (χ1v) is 5.10. The minimum atomic E-state index is 0.451. The Hall–Kier alpha value is -0.220. The van der Waals surface area contributed by atoms with Gasteiger partial charge in [-0.1, -0.05) is 20.3 Å². The highest BCUT2D eigenvalue weighted by atomic mass is 32.1. The van der Waals surface area contributed by atoms with Gasteiger partial charge in [0, 0.05) is 0 Å². The minimum absolute atomic E-state index is 0.451. The van der Waals surface area contributed by atoms with Crippen LogP contribution < -0.4 is 0 Å². The van der Waals surface area contributed by atoms with Crippen molar-refractivity contribution in [1.29, 1.82) is 0 Å². The summed E-state index contributed by atoms with van der Waals surface area (Å²) in [6.07, 6.45) is 2.35. The van der Waals surface area contributed by atoms with Crippen LogP contribution in [0.4, 0.5) is 0 Å². The summed E-state index contributed by atoms with van der Waals surface area (Å²) in [4.78, 5) is 1.42. The predicted octanol–water partition coefficient (Wildman–Crippen LogP) is 0.967. The largest absolute Gasteiger partial charge is 0.212 e. The van der Waals surface area contributed by atoms with Crippen LogP contribution in [0.2, 0.25) is 0 Å². The summed E-state index contributed by atoms with van der Waals surface area (Å²) in [6, 6.07) is 0. The van der Waals surface area contributed by atoms with Gasteiger partial charge >= 0.3 is 0 Å². The Morgan fingerprint density at radius 2 is 1.64 bits per heavy atom. The molecule has 0 unspecified atom stereocenters. The van der Waals surface area contributed by atoms with Crippen molar-refractivity contribution in [3.05, 3.63) is 0 Å². The van der Waals surface area contributed by atoms with Gasteiger partial charge in [-0.25, -0.2) is 8.42 Å². The van der Waals surface area contributed by atoms with E-state index in [-0.39, 0.29) is 0 Å². The van der Waals surface area contributed by atoms with Gasteiger partial charge in [0.2, 0.25) is 0 Å². The van der Waals surface area contributed by atoms with Gasteiger partial charge in [-0.05, 0) is 12.8 Å². The maximum absolute atomic E-state index is 10.5. The van der Waals surface area contributed by atoms with Crippen LogP contribution in [0.25, 0.3) is 0 Å². The van der Waals surface area contributed by atoms with Crippen LogP contribution in [-0.4, -0.2) is 18.1 Å². The summed E-state index contributed by atoms with van der Waals surface area (Å²) in [7, 11) is 0. The Morgan fingerprint density at radius 3 is 1.91 bits per heavy atom. The summed E-state index contributed by atoms with van der Waals surface area (Å²) < 4.78 is 20.9. The van der Waals surface area contributed by atoms with E-state index in [2.05, 4.69) is 0 Å². The zero-order valence-electron chi connectivity index (χ0n) is 6.75. The van der Waals surface area contributed by atoms with Crippen molar-refractivity contribution >= 4 is 32.2 Å². The maximum Gasteiger partial charge on any atom is 0.0933 e. The number of hydrogen-bond donors (Lipinski definition) is 0. The maximum atomic E-state index is 10.5. The van der Waals surface area contributed by atoms with Gasteiger partial charge in [0.15, 0.2) is 0 Å². The molecule has 0 heterocycles. The van der Waals surface area contributed by atoms with Crippen LogP contribution >= 0.6 is 0 Å². The lowest BCUT2D eigenvalue weighted by molar-refractivity contribution is 0.699. The van der Waals surface area contributed by atoms with E-state index in [0.717, 1.165) is 17.7 Å². The Bertz CT molecular complexity index is 223. The molecule has 0 radical (unpaired) electrons. The lowest BCUT2D eigenvalue weighted by atomic mass is 10.2. The quantitative estimate of drug-likeness (QED) is 0.622. The van der Waals surface area contributed by atoms with Gasteiger partial charge in [-0.2, -0.15) is 0 Å². The van der Waals surface area contributed by atoms with Crippen molar-refractivity contribution in [2.75, 3.05) is 0 Å². The number of rotatable bonds is 4. The van der Waals surface area contributed by atoms with Gasteiger partial charge in [0.05, 0.1) is 32.2 Å². The highest BCUT2D eigenvalue weighted by Gasteiger charge is 2.03. The Kier molecular flexibility index (Phi) is 6.36. The van der Waals surface area contributed by atoms with E-state index in [9.17, 15) is 8.42 Å². The van der Waals surface area contributed by atoms with Crippen molar-refractivity contribution in [3.8, 4) is 0 Å². The van der Waals surface area contributed by atoms with Crippen LogP contribution in [0.3, 0.4) is 0 Å². The van der Waals surface area contributed by atoms with Gasteiger partial charge in [-0.15, -0.1) is 0 Å². The van der Waals surface area contributed by atoms with Crippen LogP contribution in [0.1, 0.15) is 33.1 Å². The first kappa shape index (κ1) is 10.8. The van der Waals surface area contributed by atoms with Crippen molar-refractivity contribution in [3.63, 3.8) is 0 Å². The second-order valence-electron chi connectivity index (χ2n) is 2.12. The molecule has 0 fully saturated rings. The highest BCUT2D eigenvalue weighted by Crippen LogP contribution is 1.94. The fourth-order valence-electron chi connectivity index (χ4n) is 0.757. The molecular formula is C7H12O2S2. The lowest BCUT2D eigenvalue weighted by Gasteiger charge is -1.97. The van der Waals surface area contributed by atoms with Crippen LogP contribution in [-0.2, 0) is 22.5 Å². The average Bonchev–Trinajstić information content (AvgIpc) is 2.05.